The molecule has 4 nitrogen and oxygen atoms in total. The molecule has 132 valence electrons. The van der Waals surface area contributed by atoms with Gasteiger partial charge in [-0.25, -0.2) is 14.4 Å². The third kappa shape index (κ3) is 7.02. The van der Waals surface area contributed by atoms with Crippen molar-refractivity contribution < 1.29 is 4.39 Å². The van der Waals surface area contributed by atoms with Gasteiger partial charge >= 0.3 is 0 Å². The maximum Gasteiger partial charge on any atom is 0.191 e. The summed E-state index contributed by atoms with van der Waals surface area (Å²) >= 11 is 5.05. The second-order valence-electron chi connectivity index (χ2n) is 4.97. The van der Waals surface area contributed by atoms with Crippen molar-refractivity contribution in [1.82, 2.24) is 15.6 Å². The Morgan fingerprint density at radius 3 is 2.83 bits per heavy atom. The van der Waals surface area contributed by atoms with Crippen LogP contribution in [0.25, 0.3) is 0 Å². The van der Waals surface area contributed by atoms with Gasteiger partial charge in [-0.05, 0) is 32.0 Å². The number of hydrogen-bond donors (Lipinski definition) is 2. The van der Waals surface area contributed by atoms with E-state index < -0.39 is 0 Å². The molecular formula is C16H21BrFIN4S. The lowest BCUT2D eigenvalue weighted by Gasteiger charge is -2.11. The van der Waals surface area contributed by atoms with Crippen LogP contribution in [0.1, 0.15) is 22.4 Å². The molecule has 0 bridgehead atoms. The van der Waals surface area contributed by atoms with Gasteiger partial charge in [-0.1, -0.05) is 15.9 Å². The molecule has 0 aliphatic carbocycles. The Labute approximate surface area is 171 Å². The highest BCUT2D eigenvalue weighted by Crippen LogP contribution is 2.16. The van der Waals surface area contributed by atoms with E-state index in [2.05, 4.69) is 36.5 Å². The Bertz CT molecular complexity index is 678. The topological polar surface area (TPSA) is 49.3 Å². The lowest BCUT2D eigenvalue weighted by atomic mass is 10.2. The largest absolute Gasteiger partial charge is 0.357 e. The Morgan fingerprint density at radius 2 is 2.17 bits per heavy atom. The van der Waals surface area contributed by atoms with Gasteiger partial charge in [0.2, 0.25) is 0 Å². The van der Waals surface area contributed by atoms with Crippen LogP contribution >= 0.6 is 51.2 Å². The molecule has 1 aromatic carbocycles. The predicted molar refractivity (Wildman–Crippen MR) is 113 cm³/mol. The van der Waals surface area contributed by atoms with Crippen LogP contribution in [-0.4, -0.2) is 24.0 Å². The number of rotatable bonds is 6. The fourth-order valence-corrected chi connectivity index (χ4v) is 3.17. The number of halogens is 3. The molecule has 0 amide bonds. The van der Waals surface area contributed by atoms with E-state index >= 15 is 0 Å². The third-order valence-corrected chi connectivity index (χ3v) is 4.53. The fourth-order valence-electron chi connectivity index (χ4n) is 1.98. The second-order valence-corrected chi connectivity index (χ2v) is 7.21. The van der Waals surface area contributed by atoms with Crippen molar-refractivity contribution in [3.05, 3.63) is 50.1 Å². The van der Waals surface area contributed by atoms with Crippen LogP contribution in [0.4, 0.5) is 4.39 Å². The zero-order valence-electron chi connectivity index (χ0n) is 13.6. The number of benzene rings is 1. The molecule has 0 aliphatic rings. The van der Waals surface area contributed by atoms with Crippen molar-refractivity contribution in [2.45, 2.75) is 26.8 Å². The van der Waals surface area contributed by atoms with E-state index in [9.17, 15) is 4.39 Å². The molecule has 1 aromatic heterocycles. The minimum absolute atomic E-state index is 0. The van der Waals surface area contributed by atoms with Crippen LogP contribution in [0.15, 0.2) is 33.9 Å². The van der Waals surface area contributed by atoms with E-state index in [1.54, 1.807) is 23.5 Å². The average molecular weight is 527 g/mol. The molecule has 0 saturated carbocycles. The standard InChI is InChI=1S/C16H20BrFN4S.HI/c1-3-19-16(20-7-6-15-21-9-11(2)23-15)22-10-12-8-13(17)4-5-14(12)18;/h4-5,8-9H,3,6-7,10H2,1-2H3,(H2,19,20,22);1H. The summed E-state index contributed by atoms with van der Waals surface area (Å²) in [4.78, 5) is 9.99. The van der Waals surface area contributed by atoms with E-state index in [0.717, 1.165) is 29.0 Å². The normalized spacial score (nSPS) is 11.1. The molecule has 0 spiro atoms. The molecule has 2 N–H and O–H groups in total. The van der Waals surface area contributed by atoms with Gasteiger partial charge in [-0.2, -0.15) is 0 Å². The third-order valence-electron chi connectivity index (χ3n) is 3.06. The molecule has 0 fully saturated rings. The molecule has 0 atom stereocenters. The van der Waals surface area contributed by atoms with E-state index in [1.165, 1.54) is 10.9 Å². The fraction of sp³-hybridized carbons (Fsp3) is 0.375. The highest BCUT2D eigenvalue weighted by Gasteiger charge is 2.04. The summed E-state index contributed by atoms with van der Waals surface area (Å²) in [7, 11) is 0. The molecule has 24 heavy (non-hydrogen) atoms. The quantitative estimate of drug-likeness (QED) is 0.336. The SMILES string of the molecule is CCNC(=NCc1cc(Br)ccc1F)NCCc1ncc(C)s1.I. The summed E-state index contributed by atoms with van der Waals surface area (Å²) in [6.07, 6.45) is 2.73. The van der Waals surface area contributed by atoms with Gasteiger partial charge in [-0.15, -0.1) is 35.3 Å². The molecule has 2 aromatic rings. The number of aromatic nitrogens is 1. The van der Waals surface area contributed by atoms with Gasteiger partial charge in [0, 0.05) is 40.6 Å². The van der Waals surface area contributed by atoms with Crippen molar-refractivity contribution in [1.29, 1.82) is 0 Å². The number of thiazole rings is 1. The lowest BCUT2D eigenvalue weighted by molar-refractivity contribution is 0.610. The van der Waals surface area contributed by atoms with Gasteiger partial charge in [0.25, 0.3) is 0 Å². The van der Waals surface area contributed by atoms with Gasteiger partial charge in [0.05, 0.1) is 11.6 Å². The van der Waals surface area contributed by atoms with Crippen molar-refractivity contribution in [2.75, 3.05) is 13.1 Å². The Morgan fingerprint density at radius 1 is 1.38 bits per heavy atom. The molecule has 0 aliphatic heterocycles. The smallest absolute Gasteiger partial charge is 0.191 e. The minimum atomic E-state index is -0.244. The summed E-state index contributed by atoms with van der Waals surface area (Å²) in [5.41, 5.74) is 0.562. The van der Waals surface area contributed by atoms with Crippen LogP contribution in [0.3, 0.4) is 0 Å². The molecule has 0 unspecified atom stereocenters. The van der Waals surface area contributed by atoms with Gasteiger partial charge in [-0.3, -0.25) is 0 Å². The number of aryl methyl sites for hydroxylation is 1. The van der Waals surface area contributed by atoms with Crippen LogP contribution in [0.5, 0.6) is 0 Å². The zero-order valence-corrected chi connectivity index (χ0v) is 18.3. The first kappa shape index (κ1) is 21.3. The molecular weight excluding hydrogens is 506 g/mol. The molecule has 8 heteroatoms. The first-order valence-corrected chi connectivity index (χ1v) is 9.07. The molecule has 1 heterocycles. The zero-order chi connectivity index (χ0) is 16.7. The van der Waals surface area contributed by atoms with Crippen molar-refractivity contribution >= 4 is 57.2 Å². The van der Waals surface area contributed by atoms with E-state index in [4.69, 9.17) is 0 Å². The summed E-state index contributed by atoms with van der Waals surface area (Å²) < 4.78 is 14.6. The Hall–Kier alpha value is -0.740. The second kappa shape index (κ2) is 11.0. The first-order chi connectivity index (χ1) is 11.1. The maximum absolute atomic E-state index is 13.7. The summed E-state index contributed by atoms with van der Waals surface area (Å²) in [5.74, 6) is 0.436. The van der Waals surface area contributed by atoms with Crippen molar-refractivity contribution in [3.63, 3.8) is 0 Å². The summed E-state index contributed by atoms with van der Waals surface area (Å²) in [6.45, 7) is 5.83. The number of nitrogens with one attached hydrogen (secondary N) is 2. The number of aliphatic imine (C=N–C) groups is 1. The first-order valence-electron chi connectivity index (χ1n) is 7.46. The Balaban J connectivity index is 0.00000288. The highest BCUT2D eigenvalue weighted by molar-refractivity contribution is 14.0. The van der Waals surface area contributed by atoms with Gasteiger partial charge < -0.3 is 10.6 Å². The van der Waals surface area contributed by atoms with Crippen LogP contribution in [-0.2, 0) is 13.0 Å². The number of nitrogens with zero attached hydrogens (tertiary/aromatic N) is 2. The van der Waals surface area contributed by atoms with Crippen molar-refractivity contribution in [3.8, 4) is 0 Å². The van der Waals surface area contributed by atoms with Gasteiger partial charge in [0.15, 0.2) is 5.96 Å². The maximum atomic E-state index is 13.7. The summed E-state index contributed by atoms with van der Waals surface area (Å²) in [6, 6.07) is 4.88. The van der Waals surface area contributed by atoms with Crippen molar-refractivity contribution in [2.24, 2.45) is 4.99 Å². The lowest BCUT2D eigenvalue weighted by Crippen LogP contribution is -2.38. The van der Waals surface area contributed by atoms with Crippen LogP contribution in [0, 0.1) is 12.7 Å². The minimum Gasteiger partial charge on any atom is -0.357 e. The molecule has 0 saturated heterocycles. The van der Waals surface area contributed by atoms with E-state index in [-0.39, 0.29) is 36.3 Å². The van der Waals surface area contributed by atoms with Gasteiger partial charge in [0.1, 0.15) is 5.82 Å². The summed E-state index contributed by atoms with van der Waals surface area (Å²) in [5, 5.41) is 7.52. The van der Waals surface area contributed by atoms with E-state index in [0.29, 0.717) is 11.5 Å². The van der Waals surface area contributed by atoms with E-state index in [1.807, 2.05) is 20.0 Å². The monoisotopic (exact) mass is 526 g/mol. The predicted octanol–water partition coefficient (Wildman–Crippen LogP) is 4.27. The Kier molecular flexibility index (Phi) is 9.75. The number of hydrogen-bond acceptors (Lipinski definition) is 3. The van der Waals surface area contributed by atoms with Crippen LogP contribution in [0.2, 0.25) is 0 Å². The molecule has 2 rings (SSSR count). The number of guanidine groups is 1. The molecule has 0 radical (unpaired) electrons. The highest BCUT2D eigenvalue weighted by atomic mass is 127. The average Bonchev–Trinajstić information content (AvgIpc) is 2.93. The van der Waals surface area contributed by atoms with Crippen LogP contribution < -0.4 is 10.6 Å².